The Balaban J connectivity index is 1.49. The Hall–Kier alpha value is -1.07. The van der Waals surface area contributed by atoms with Crippen molar-refractivity contribution in [2.75, 3.05) is 50.9 Å². The number of alkyl halides is 3. The van der Waals surface area contributed by atoms with Crippen LogP contribution in [0.5, 0.6) is 0 Å². The molecule has 1 aliphatic heterocycles. The maximum Gasteiger partial charge on any atom is 0.417 e. The molecule has 0 spiro atoms. The van der Waals surface area contributed by atoms with E-state index in [9.17, 15) is 22.8 Å². The highest BCUT2D eigenvalue weighted by Crippen LogP contribution is 2.61. The molecule has 2 heterocycles. The smallest absolute Gasteiger partial charge is 0.392 e. The minimum absolute atomic E-state index is 0.00539. The topological polar surface area (TPSA) is 63.1 Å². The Morgan fingerprint density at radius 2 is 2.00 bits per heavy atom. The van der Waals surface area contributed by atoms with Gasteiger partial charge >= 0.3 is 6.18 Å². The summed E-state index contributed by atoms with van der Waals surface area (Å²) in [6.45, 7) is 6.94. The number of hydrogen-bond donors (Lipinski definition) is 2. The normalized spacial score (nSPS) is 33.3. The van der Waals surface area contributed by atoms with Gasteiger partial charge < -0.3 is 14.9 Å². The van der Waals surface area contributed by atoms with Crippen LogP contribution in [0.2, 0.25) is 0 Å². The third-order valence-electron chi connectivity index (χ3n) is 8.13. The molecule has 0 radical (unpaired) electrons. The van der Waals surface area contributed by atoms with Gasteiger partial charge in [0.25, 0.3) is 0 Å². The van der Waals surface area contributed by atoms with E-state index in [1.807, 2.05) is 19.0 Å². The van der Waals surface area contributed by atoms with Crippen LogP contribution in [0.3, 0.4) is 0 Å². The molecular weight excluding hydrogens is 465 g/mol. The molecule has 6 atom stereocenters. The fourth-order valence-electron chi connectivity index (χ4n) is 6.88. The average molecular weight is 504 g/mol. The number of piperazine rings is 1. The second-order valence-electron chi connectivity index (χ2n) is 10.9. The summed E-state index contributed by atoms with van der Waals surface area (Å²) in [5.41, 5.74) is -0.966. The van der Waals surface area contributed by atoms with Crippen molar-refractivity contribution in [3.05, 3.63) is 23.9 Å². The van der Waals surface area contributed by atoms with Crippen molar-refractivity contribution < 1.29 is 22.8 Å². The van der Waals surface area contributed by atoms with Gasteiger partial charge in [-0.1, -0.05) is 18.2 Å². The van der Waals surface area contributed by atoms with Crippen molar-refractivity contribution in [3.8, 4) is 0 Å². The number of likely N-dealkylation sites (N-methyl/N-ethyl adjacent to an activating group) is 1. The molecule has 1 aromatic rings. The zero-order valence-corrected chi connectivity index (χ0v) is 21.3. The quantitative estimate of drug-likeness (QED) is 0.555. The van der Waals surface area contributed by atoms with Crippen LogP contribution in [0.15, 0.2) is 18.3 Å². The average Bonchev–Trinajstić information content (AvgIpc) is 3.24. The molecule has 10 heteroatoms. The van der Waals surface area contributed by atoms with E-state index in [1.165, 1.54) is 6.07 Å². The maximum atomic E-state index is 12.9. The van der Waals surface area contributed by atoms with Gasteiger partial charge in [-0.05, 0) is 63.2 Å². The van der Waals surface area contributed by atoms with Crippen LogP contribution in [0.1, 0.15) is 38.7 Å². The molecule has 4 rings (SSSR count). The van der Waals surface area contributed by atoms with Crippen molar-refractivity contribution in [1.29, 1.82) is 0 Å². The molecule has 4 unspecified atom stereocenters. The highest BCUT2D eigenvalue weighted by Gasteiger charge is 2.63. The van der Waals surface area contributed by atoms with E-state index < -0.39 is 23.1 Å². The number of rotatable bonds is 7. The Labute approximate surface area is 203 Å². The fourth-order valence-corrected chi connectivity index (χ4v) is 8.82. The van der Waals surface area contributed by atoms with Gasteiger partial charge in [0, 0.05) is 31.2 Å². The molecule has 2 aliphatic carbocycles. The van der Waals surface area contributed by atoms with Gasteiger partial charge in [-0.2, -0.15) is 17.7 Å². The predicted octanol–water partition coefficient (Wildman–Crippen LogP) is 3.59. The van der Waals surface area contributed by atoms with Gasteiger partial charge in [-0.25, -0.2) is 4.98 Å². The zero-order valence-electron chi connectivity index (χ0n) is 20.5. The second kappa shape index (κ2) is 9.76. The first-order chi connectivity index (χ1) is 15.9. The lowest BCUT2D eigenvalue weighted by molar-refractivity contribution is -0.137. The number of pyridine rings is 1. The first-order valence-electron chi connectivity index (χ1n) is 12.2. The maximum absolute atomic E-state index is 12.9. The van der Waals surface area contributed by atoms with E-state index in [-0.39, 0.29) is 17.6 Å². The van der Waals surface area contributed by atoms with Crippen LogP contribution in [0, 0.1) is 23.2 Å². The number of anilines is 1. The number of hydrogen-bond acceptors (Lipinski definition) is 6. The monoisotopic (exact) mass is 503 g/mol. The third-order valence-corrected chi connectivity index (χ3v) is 9.95. The lowest BCUT2D eigenvalue weighted by Gasteiger charge is -2.41. The van der Waals surface area contributed by atoms with Gasteiger partial charge in [-0.15, -0.1) is 0 Å². The molecule has 1 aromatic heterocycles. The summed E-state index contributed by atoms with van der Waals surface area (Å²) < 4.78 is 52.5. The first-order valence-corrected chi connectivity index (χ1v) is 13.5. The van der Waals surface area contributed by atoms with Crippen LogP contribution in [0.25, 0.3) is 0 Å². The van der Waals surface area contributed by atoms with Gasteiger partial charge in [0.05, 0.1) is 24.3 Å². The van der Waals surface area contributed by atoms with Crippen molar-refractivity contribution in [2.24, 2.45) is 23.2 Å². The number of aliphatic hydroxyl groups is 1. The van der Waals surface area contributed by atoms with Crippen molar-refractivity contribution in [3.63, 3.8) is 0 Å². The number of fused-ring (bicyclic) bond motifs is 2. The highest BCUT2D eigenvalue weighted by atomic mass is 32.2. The zero-order chi connectivity index (χ0) is 24.8. The summed E-state index contributed by atoms with van der Waals surface area (Å²) in [5, 5.41) is 11.0. The number of aromatic nitrogens is 1. The number of aliphatic hydroxyl groups excluding tert-OH is 1. The molecule has 192 valence electrons. The highest BCUT2D eigenvalue weighted by molar-refractivity contribution is 7.89. The summed E-state index contributed by atoms with van der Waals surface area (Å²) >= 11 is -0.999. The van der Waals surface area contributed by atoms with E-state index >= 15 is 0 Å². The van der Waals surface area contributed by atoms with Gasteiger partial charge in [-0.3, -0.25) is 0 Å². The molecule has 2 N–H and O–H groups in total. The fraction of sp³-hybridized carbons (Fsp3) is 0.792. The lowest BCUT2D eigenvalue weighted by atomic mass is 9.74. The van der Waals surface area contributed by atoms with Crippen LogP contribution in [0.4, 0.5) is 19.0 Å². The molecular formula is C24H38F3N4O2S+. The van der Waals surface area contributed by atoms with Crippen LogP contribution >= 0.6 is 0 Å². The summed E-state index contributed by atoms with van der Waals surface area (Å²) in [7, 11) is 3.97. The molecule has 3 aliphatic rings. The summed E-state index contributed by atoms with van der Waals surface area (Å²) in [6, 6.07) is 2.52. The predicted molar refractivity (Wildman–Crippen MR) is 129 cm³/mol. The molecule has 34 heavy (non-hydrogen) atoms. The van der Waals surface area contributed by atoms with Crippen LogP contribution in [-0.4, -0.2) is 82.0 Å². The molecule has 0 amide bonds. The minimum Gasteiger partial charge on any atom is -0.392 e. The Morgan fingerprint density at radius 3 is 2.56 bits per heavy atom. The molecule has 6 nitrogen and oxygen atoms in total. The Morgan fingerprint density at radius 1 is 1.26 bits per heavy atom. The van der Waals surface area contributed by atoms with E-state index in [2.05, 4.69) is 28.0 Å². The third kappa shape index (κ3) is 4.93. The van der Waals surface area contributed by atoms with E-state index in [0.717, 1.165) is 31.5 Å². The van der Waals surface area contributed by atoms with Gasteiger partial charge in [0.1, 0.15) is 5.82 Å². The van der Waals surface area contributed by atoms with E-state index in [1.54, 1.807) is 0 Å². The van der Waals surface area contributed by atoms with Crippen molar-refractivity contribution in [2.45, 2.75) is 51.4 Å². The largest absolute Gasteiger partial charge is 0.417 e. The Bertz CT molecular complexity index is 841. The molecule has 0 aromatic carbocycles. The van der Waals surface area contributed by atoms with Crippen molar-refractivity contribution >= 4 is 17.2 Å². The van der Waals surface area contributed by atoms with Crippen LogP contribution in [-0.2, 0) is 17.5 Å². The van der Waals surface area contributed by atoms with E-state index in [4.69, 9.17) is 0 Å². The molecule has 1 saturated heterocycles. The summed E-state index contributed by atoms with van der Waals surface area (Å²) in [6.07, 6.45) is -0.923. The SMILES string of the molecule is CC(C)C1[C@@H]2CC[C@@]1(C[S+](O)N1CCN(c3ccc(C(F)(F)F)cn3)CC1CN(C)C)C(O)C2. The molecule has 3 fully saturated rings. The standard InChI is InChI=1S/C24H38F3N4O2S/c1-16(2)22-17-7-8-23(22,20(32)11-17)15-34(33)31-10-9-30(14-19(31)13-29(3)4)21-6-5-18(12-28-21)24(25,26)27/h5-6,12,16-17,19-20,22,32-33H,7-11,13-15H2,1-4H3/q+1/t17-,19?,20?,22?,23-,34?/m1/s1. The van der Waals surface area contributed by atoms with Gasteiger partial charge in [0.2, 0.25) is 11.4 Å². The second-order valence-corrected chi connectivity index (χ2v) is 12.4. The minimum atomic E-state index is -4.40. The molecule has 2 saturated carbocycles. The molecule has 2 bridgehead atoms. The van der Waals surface area contributed by atoms with Crippen molar-refractivity contribution in [1.82, 2.24) is 14.2 Å². The van der Waals surface area contributed by atoms with E-state index in [0.29, 0.717) is 55.5 Å². The first kappa shape index (κ1) is 26.0. The Kier molecular flexibility index (Phi) is 7.47. The lowest BCUT2D eigenvalue weighted by Crippen LogP contribution is -2.60. The number of halogens is 3. The van der Waals surface area contributed by atoms with Gasteiger partial charge in [0.15, 0.2) is 5.75 Å². The summed E-state index contributed by atoms with van der Waals surface area (Å²) in [5.74, 6) is 2.58. The van der Waals surface area contributed by atoms with Crippen LogP contribution < -0.4 is 4.90 Å². The summed E-state index contributed by atoms with van der Waals surface area (Å²) in [4.78, 5) is 8.17. The number of nitrogens with zero attached hydrogens (tertiary/aromatic N) is 4.